The van der Waals surface area contributed by atoms with E-state index in [0.29, 0.717) is 19.5 Å². The van der Waals surface area contributed by atoms with Crippen molar-refractivity contribution in [1.82, 2.24) is 15.1 Å². The fraction of sp³-hybridized carbons (Fsp3) is 0.652. The quantitative estimate of drug-likeness (QED) is 0.624. The number of carbonyl (C=O) groups is 2. The predicted octanol–water partition coefficient (Wildman–Crippen LogP) is 2.71. The monoisotopic (exact) mass is 518 g/mol. The molecule has 1 aromatic rings. The van der Waals surface area contributed by atoms with E-state index in [4.69, 9.17) is 9.47 Å². The van der Waals surface area contributed by atoms with Gasteiger partial charge in [-0.2, -0.15) is 13.2 Å². The van der Waals surface area contributed by atoms with Gasteiger partial charge in [-0.25, -0.2) is 13.6 Å². The van der Waals surface area contributed by atoms with Crippen LogP contribution >= 0.6 is 0 Å². The Morgan fingerprint density at radius 2 is 1.81 bits per heavy atom. The van der Waals surface area contributed by atoms with Crippen LogP contribution in [0.5, 0.6) is 5.75 Å². The molecule has 1 unspecified atom stereocenters. The molecule has 0 aliphatic carbocycles. The fourth-order valence-electron chi connectivity index (χ4n) is 5.10. The largest absolute Gasteiger partial charge is 0.487 e. The number of urea groups is 1. The predicted molar refractivity (Wildman–Crippen MR) is 117 cm³/mol. The van der Waals surface area contributed by atoms with Gasteiger partial charge in [0.25, 0.3) is 5.92 Å². The molecule has 36 heavy (non-hydrogen) atoms. The summed E-state index contributed by atoms with van der Waals surface area (Å²) in [5.74, 6) is -2.90. The summed E-state index contributed by atoms with van der Waals surface area (Å²) >= 11 is 0. The first-order chi connectivity index (χ1) is 17.0. The molecule has 4 aliphatic heterocycles. The number of alkyl halides is 5. The zero-order valence-electron chi connectivity index (χ0n) is 19.4. The average Bonchev–Trinajstić information content (AvgIpc) is 2.79. The number of nitrogens with one attached hydrogen (secondary N) is 1. The van der Waals surface area contributed by atoms with Crippen molar-refractivity contribution < 1.29 is 41.0 Å². The van der Waals surface area contributed by atoms with E-state index >= 15 is 0 Å². The van der Waals surface area contributed by atoms with Crippen molar-refractivity contribution in [2.75, 3.05) is 50.8 Å². The second-order valence-corrected chi connectivity index (χ2v) is 9.71. The second-order valence-electron chi connectivity index (χ2n) is 9.71. The van der Waals surface area contributed by atoms with Crippen molar-refractivity contribution in [3.63, 3.8) is 0 Å². The van der Waals surface area contributed by atoms with Gasteiger partial charge in [-0.1, -0.05) is 0 Å². The minimum Gasteiger partial charge on any atom is -0.487 e. The minimum absolute atomic E-state index is 0.0240. The van der Waals surface area contributed by atoms with Crippen LogP contribution in [0.4, 0.5) is 32.4 Å². The van der Waals surface area contributed by atoms with Crippen LogP contribution in [-0.2, 0) is 15.7 Å². The Balaban J connectivity index is 1.19. The van der Waals surface area contributed by atoms with Crippen molar-refractivity contribution in [3.05, 3.63) is 23.8 Å². The van der Waals surface area contributed by atoms with Gasteiger partial charge in [0.2, 0.25) is 5.91 Å². The van der Waals surface area contributed by atoms with Crippen molar-refractivity contribution >= 4 is 17.6 Å². The smallest absolute Gasteiger partial charge is 0.418 e. The SMILES string of the molecule is O=C1COC2CCN(C(=O)N3CC(Oc4ccc(C(F)(F)F)c(N5CCC(F)(F)CC5)c4)C3)C[C@H]2N1. The van der Waals surface area contributed by atoms with Crippen molar-refractivity contribution in [3.8, 4) is 5.75 Å². The summed E-state index contributed by atoms with van der Waals surface area (Å²) < 4.78 is 79.1. The Bertz CT molecular complexity index is 1010. The van der Waals surface area contributed by atoms with E-state index in [0.717, 1.165) is 6.07 Å². The highest BCUT2D eigenvalue weighted by atomic mass is 19.4. The minimum atomic E-state index is -4.64. The van der Waals surface area contributed by atoms with Crippen LogP contribution in [0.25, 0.3) is 0 Å². The summed E-state index contributed by atoms with van der Waals surface area (Å²) in [5, 5.41) is 2.84. The Hall–Kier alpha value is -2.83. The molecule has 13 heteroatoms. The van der Waals surface area contributed by atoms with Crippen LogP contribution in [0.15, 0.2) is 18.2 Å². The molecule has 0 radical (unpaired) electrons. The maximum Gasteiger partial charge on any atom is 0.418 e. The van der Waals surface area contributed by atoms with E-state index in [1.54, 1.807) is 9.80 Å². The van der Waals surface area contributed by atoms with Crippen molar-refractivity contribution in [1.29, 1.82) is 0 Å². The molecule has 4 saturated heterocycles. The Labute approximate surface area is 204 Å². The number of hydrogen-bond donors (Lipinski definition) is 1. The molecule has 0 saturated carbocycles. The van der Waals surface area contributed by atoms with Crippen LogP contribution in [0.3, 0.4) is 0 Å². The van der Waals surface area contributed by atoms with E-state index in [9.17, 15) is 31.5 Å². The van der Waals surface area contributed by atoms with E-state index in [1.165, 1.54) is 17.0 Å². The zero-order valence-corrected chi connectivity index (χ0v) is 19.4. The molecule has 0 bridgehead atoms. The maximum atomic E-state index is 13.6. The molecule has 3 amide bonds. The first kappa shape index (κ1) is 24.8. The van der Waals surface area contributed by atoms with Gasteiger partial charge in [0.05, 0.1) is 36.5 Å². The first-order valence-electron chi connectivity index (χ1n) is 11.9. The number of anilines is 1. The third-order valence-electron chi connectivity index (χ3n) is 7.13. The molecule has 4 heterocycles. The van der Waals surface area contributed by atoms with Gasteiger partial charge in [0.1, 0.15) is 18.5 Å². The van der Waals surface area contributed by atoms with Crippen molar-refractivity contribution in [2.45, 2.75) is 49.6 Å². The molecular weight excluding hydrogens is 491 g/mol. The standard InChI is InChI=1S/C23H27F5N4O4/c24-22(25)4-7-30(8-5-22)18-9-14(1-2-16(18)23(26,27)28)36-15-10-32(11-15)21(34)31-6-3-19-17(12-31)29-20(33)13-35-19/h1-2,9,15,17,19H,3-8,10-13H2,(H,29,33)/t17-,19?/m1/s1. The lowest BCUT2D eigenvalue weighted by Gasteiger charge is -2.45. The summed E-state index contributed by atoms with van der Waals surface area (Å²) in [4.78, 5) is 29.0. The van der Waals surface area contributed by atoms with E-state index in [-0.39, 0.29) is 68.3 Å². The summed E-state index contributed by atoms with van der Waals surface area (Å²) in [6, 6.07) is 2.91. The Morgan fingerprint density at radius 1 is 1.08 bits per heavy atom. The number of likely N-dealkylation sites (tertiary alicyclic amines) is 2. The molecular formula is C23H27F5N4O4. The number of halogens is 5. The molecule has 2 atom stereocenters. The summed E-state index contributed by atoms with van der Waals surface area (Å²) in [7, 11) is 0. The number of benzene rings is 1. The molecule has 0 aromatic heterocycles. The van der Waals surface area contributed by atoms with Gasteiger partial charge in [-0.3, -0.25) is 4.79 Å². The second kappa shape index (κ2) is 9.24. The molecule has 0 spiro atoms. The molecule has 8 nitrogen and oxygen atoms in total. The lowest BCUT2D eigenvalue weighted by molar-refractivity contribution is -0.140. The number of morpholine rings is 1. The van der Waals surface area contributed by atoms with Gasteiger partial charge in [0.15, 0.2) is 0 Å². The number of piperidine rings is 2. The highest BCUT2D eigenvalue weighted by molar-refractivity contribution is 5.79. The number of rotatable bonds is 3. The zero-order chi connectivity index (χ0) is 25.7. The molecule has 4 aliphatic rings. The van der Waals surface area contributed by atoms with Gasteiger partial charge < -0.3 is 29.5 Å². The van der Waals surface area contributed by atoms with Crippen molar-refractivity contribution in [2.24, 2.45) is 0 Å². The molecule has 1 N–H and O–H groups in total. The third-order valence-corrected chi connectivity index (χ3v) is 7.13. The molecule has 1 aromatic carbocycles. The summed E-state index contributed by atoms with van der Waals surface area (Å²) in [6.45, 7) is 1.01. The number of fused-ring (bicyclic) bond motifs is 1. The van der Waals surface area contributed by atoms with Crippen LogP contribution in [0.2, 0.25) is 0 Å². The first-order valence-corrected chi connectivity index (χ1v) is 11.9. The van der Waals surface area contributed by atoms with E-state index in [2.05, 4.69) is 5.32 Å². The molecule has 4 fully saturated rings. The topological polar surface area (TPSA) is 74.3 Å². The molecule has 5 rings (SSSR count). The van der Waals surface area contributed by atoms with Gasteiger partial charge in [0, 0.05) is 45.1 Å². The van der Waals surface area contributed by atoms with Gasteiger partial charge in [-0.05, 0) is 18.6 Å². The summed E-state index contributed by atoms with van der Waals surface area (Å²) in [6.07, 6.45) is -5.56. The number of ether oxygens (including phenoxy) is 2. The normalized spacial score (nSPS) is 26.7. The Kier molecular flexibility index (Phi) is 6.38. The van der Waals surface area contributed by atoms with E-state index < -0.39 is 36.6 Å². The third kappa shape index (κ3) is 5.16. The number of amides is 3. The number of carbonyl (C=O) groups excluding carboxylic acids is 2. The van der Waals surface area contributed by atoms with Crippen LogP contribution in [0, 0.1) is 0 Å². The summed E-state index contributed by atoms with van der Waals surface area (Å²) in [5.41, 5.74) is -1.07. The van der Waals surface area contributed by atoms with Gasteiger partial charge in [-0.15, -0.1) is 0 Å². The maximum absolute atomic E-state index is 13.6. The number of hydrogen-bond acceptors (Lipinski definition) is 5. The van der Waals surface area contributed by atoms with E-state index in [1.807, 2.05) is 0 Å². The molecule has 198 valence electrons. The lowest BCUT2D eigenvalue weighted by atomic mass is 10.0. The Morgan fingerprint density at radius 3 is 2.50 bits per heavy atom. The highest BCUT2D eigenvalue weighted by Crippen LogP contribution is 2.41. The van der Waals surface area contributed by atoms with Crippen LogP contribution in [0.1, 0.15) is 24.8 Å². The van der Waals surface area contributed by atoms with Gasteiger partial charge >= 0.3 is 12.2 Å². The lowest BCUT2D eigenvalue weighted by Crippen LogP contribution is -2.65. The fourth-order valence-corrected chi connectivity index (χ4v) is 5.10. The highest BCUT2D eigenvalue weighted by Gasteiger charge is 2.42. The average molecular weight is 518 g/mol. The van der Waals surface area contributed by atoms with Crippen LogP contribution < -0.4 is 15.0 Å². The van der Waals surface area contributed by atoms with Crippen LogP contribution in [-0.4, -0.2) is 91.8 Å². The number of nitrogens with zero attached hydrogens (tertiary/aromatic N) is 3.